The molecule has 0 aliphatic carbocycles. The Balaban J connectivity index is 3.12. The van der Waals surface area contributed by atoms with E-state index in [9.17, 15) is 28.1 Å². The molecule has 0 saturated heterocycles. The van der Waals surface area contributed by atoms with E-state index < -0.39 is 40.0 Å². The lowest BCUT2D eigenvalue weighted by molar-refractivity contribution is -0.385. The van der Waals surface area contributed by atoms with Gasteiger partial charge in [-0.05, 0) is 13.0 Å². The van der Waals surface area contributed by atoms with Gasteiger partial charge in [-0.15, -0.1) is 0 Å². The molecule has 2 N–H and O–H groups in total. The molecule has 0 saturated carbocycles. The first kappa shape index (κ1) is 15.7. The van der Waals surface area contributed by atoms with Crippen LogP contribution in [-0.4, -0.2) is 22.0 Å². The van der Waals surface area contributed by atoms with E-state index in [0.29, 0.717) is 6.07 Å². The molecule has 0 radical (unpaired) electrons. The summed E-state index contributed by atoms with van der Waals surface area (Å²) in [6, 6.07) is 1.50. The second-order valence-electron chi connectivity index (χ2n) is 4.13. The molecule has 0 aliphatic heterocycles. The molecular formula is C11H11F3N2O4. The summed E-state index contributed by atoms with van der Waals surface area (Å²) < 4.78 is 38.5. The van der Waals surface area contributed by atoms with Gasteiger partial charge in [-0.25, -0.2) is 0 Å². The fraction of sp³-hybridized carbons (Fsp3) is 0.364. The molecule has 1 rings (SSSR count). The summed E-state index contributed by atoms with van der Waals surface area (Å²) >= 11 is 0. The van der Waals surface area contributed by atoms with Gasteiger partial charge in [0.1, 0.15) is 0 Å². The van der Waals surface area contributed by atoms with Crippen LogP contribution in [0.15, 0.2) is 18.2 Å². The van der Waals surface area contributed by atoms with Gasteiger partial charge in [0.05, 0.1) is 16.9 Å². The van der Waals surface area contributed by atoms with Crippen LogP contribution < -0.4 is 5.32 Å². The summed E-state index contributed by atoms with van der Waals surface area (Å²) in [5.74, 6) is -1.17. The molecule has 0 bridgehead atoms. The number of alkyl halides is 3. The summed E-state index contributed by atoms with van der Waals surface area (Å²) in [4.78, 5) is 20.0. The summed E-state index contributed by atoms with van der Waals surface area (Å²) in [7, 11) is 0. The Morgan fingerprint density at radius 1 is 1.50 bits per heavy atom. The van der Waals surface area contributed by atoms with Crippen molar-refractivity contribution in [2.45, 2.75) is 25.6 Å². The lowest BCUT2D eigenvalue weighted by Crippen LogP contribution is -2.21. The molecule has 0 fully saturated rings. The number of nitro benzene ring substituents is 1. The molecule has 6 nitrogen and oxygen atoms in total. The predicted octanol–water partition coefficient (Wildman–Crippen LogP) is 2.89. The number of benzene rings is 1. The molecule has 0 aliphatic rings. The van der Waals surface area contributed by atoms with Gasteiger partial charge in [0.15, 0.2) is 0 Å². The van der Waals surface area contributed by atoms with Gasteiger partial charge < -0.3 is 10.4 Å². The van der Waals surface area contributed by atoms with Crippen LogP contribution >= 0.6 is 0 Å². The third-order valence-corrected chi connectivity index (χ3v) is 2.40. The van der Waals surface area contributed by atoms with Crippen LogP contribution in [0.4, 0.5) is 24.5 Å². The molecule has 0 heterocycles. The Morgan fingerprint density at radius 2 is 2.10 bits per heavy atom. The quantitative estimate of drug-likeness (QED) is 0.643. The molecule has 1 aromatic carbocycles. The van der Waals surface area contributed by atoms with Crippen LogP contribution in [0, 0.1) is 10.1 Å². The summed E-state index contributed by atoms with van der Waals surface area (Å²) in [6.45, 7) is 1.40. The minimum atomic E-state index is -4.78. The second-order valence-corrected chi connectivity index (χ2v) is 4.13. The van der Waals surface area contributed by atoms with Crippen LogP contribution in [0.5, 0.6) is 0 Å². The zero-order valence-corrected chi connectivity index (χ0v) is 10.3. The lowest BCUT2D eigenvalue weighted by Gasteiger charge is -2.18. The van der Waals surface area contributed by atoms with Crippen molar-refractivity contribution in [2.24, 2.45) is 0 Å². The Kier molecular flexibility index (Phi) is 4.53. The van der Waals surface area contributed by atoms with Crippen molar-refractivity contribution in [1.29, 1.82) is 0 Å². The number of non-ortho nitro benzene ring substituents is 1. The average Bonchev–Trinajstić information content (AvgIpc) is 2.26. The van der Waals surface area contributed by atoms with Gasteiger partial charge in [-0.2, -0.15) is 13.2 Å². The number of carboxylic acids is 1. The number of halogens is 3. The highest BCUT2D eigenvalue weighted by Gasteiger charge is 2.35. The van der Waals surface area contributed by atoms with Gasteiger partial charge in [-0.1, -0.05) is 0 Å². The number of nitro groups is 1. The highest BCUT2D eigenvalue weighted by Crippen LogP contribution is 2.37. The van der Waals surface area contributed by atoms with Crippen molar-refractivity contribution in [3.63, 3.8) is 0 Å². The van der Waals surface area contributed by atoms with E-state index in [2.05, 4.69) is 5.32 Å². The van der Waals surface area contributed by atoms with Crippen LogP contribution in [0.3, 0.4) is 0 Å². The van der Waals surface area contributed by atoms with E-state index in [1.165, 1.54) is 6.92 Å². The molecule has 9 heteroatoms. The van der Waals surface area contributed by atoms with Crippen LogP contribution in [0.1, 0.15) is 18.9 Å². The van der Waals surface area contributed by atoms with Gasteiger partial charge in [0.2, 0.25) is 0 Å². The average molecular weight is 292 g/mol. The second kappa shape index (κ2) is 5.76. The van der Waals surface area contributed by atoms with Crippen LogP contribution in [0.25, 0.3) is 0 Å². The van der Waals surface area contributed by atoms with Gasteiger partial charge in [0, 0.05) is 23.9 Å². The van der Waals surface area contributed by atoms with Crippen molar-refractivity contribution >= 4 is 17.3 Å². The summed E-state index contributed by atoms with van der Waals surface area (Å²) in [5, 5.41) is 21.4. The topological polar surface area (TPSA) is 92.5 Å². The standard InChI is InChI=1S/C11H11F3N2O4/c1-6(4-10(17)18)15-9-3-2-7(16(19)20)5-8(9)11(12,13)14/h2-3,5-6,15H,4H2,1H3,(H,17,18). The minimum absolute atomic E-state index is 0.381. The smallest absolute Gasteiger partial charge is 0.418 e. The van der Waals surface area contributed by atoms with Crippen LogP contribution in [-0.2, 0) is 11.0 Å². The number of rotatable bonds is 5. The monoisotopic (exact) mass is 292 g/mol. The predicted molar refractivity (Wildman–Crippen MR) is 63.4 cm³/mol. The molecule has 0 aromatic heterocycles. The third-order valence-electron chi connectivity index (χ3n) is 2.40. The Labute approximate surface area is 111 Å². The summed E-state index contributed by atoms with van der Waals surface area (Å²) in [6.07, 6.45) is -5.16. The molecule has 1 atom stereocenters. The number of aliphatic carboxylic acids is 1. The van der Waals surface area contributed by atoms with E-state index in [0.717, 1.165) is 12.1 Å². The van der Waals surface area contributed by atoms with Crippen molar-refractivity contribution in [3.05, 3.63) is 33.9 Å². The molecule has 20 heavy (non-hydrogen) atoms. The number of carboxylic acid groups (broad SMARTS) is 1. The van der Waals surface area contributed by atoms with Gasteiger partial charge >= 0.3 is 12.1 Å². The van der Waals surface area contributed by atoms with Crippen molar-refractivity contribution in [2.75, 3.05) is 5.32 Å². The Bertz CT molecular complexity index is 531. The Morgan fingerprint density at radius 3 is 2.55 bits per heavy atom. The molecule has 0 amide bonds. The fourth-order valence-corrected chi connectivity index (χ4v) is 1.58. The number of hydrogen-bond donors (Lipinski definition) is 2. The van der Waals surface area contributed by atoms with Crippen molar-refractivity contribution in [1.82, 2.24) is 0 Å². The van der Waals surface area contributed by atoms with E-state index >= 15 is 0 Å². The zero-order chi connectivity index (χ0) is 15.5. The first-order valence-electron chi connectivity index (χ1n) is 5.45. The van der Waals surface area contributed by atoms with E-state index in [-0.39, 0.29) is 6.42 Å². The lowest BCUT2D eigenvalue weighted by atomic mass is 10.1. The maximum absolute atomic E-state index is 12.8. The van der Waals surface area contributed by atoms with Gasteiger partial charge in [-0.3, -0.25) is 14.9 Å². The Hall–Kier alpha value is -2.32. The number of carbonyl (C=O) groups is 1. The van der Waals surface area contributed by atoms with E-state index in [1.54, 1.807) is 0 Å². The highest BCUT2D eigenvalue weighted by molar-refractivity contribution is 5.68. The summed E-state index contributed by atoms with van der Waals surface area (Å²) in [5.41, 5.74) is -2.28. The first-order chi connectivity index (χ1) is 9.11. The number of nitrogens with zero attached hydrogens (tertiary/aromatic N) is 1. The maximum Gasteiger partial charge on any atom is 0.418 e. The van der Waals surface area contributed by atoms with Crippen molar-refractivity contribution in [3.8, 4) is 0 Å². The molecule has 1 aromatic rings. The zero-order valence-electron chi connectivity index (χ0n) is 10.3. The normalized spacial score (nSPS) is 12.8. The fourth-order valence-electron chi connectivity index (χ4n) is 1.58. The van der Waals surface area contributed by atoms with Crippen LogP contribution in [0.2, 0.25) is 0 Å². The highest BCUT2D eigenvalue weighted by atomic mass is 19.4. The minimum Gasteiger partial charge on any atom is -0.481 e. The maximum atomic E-state index is 12.8. The number of anilines is 1. The molecule has 110 valence electrons. The number of nitrogens with one attached hydrogen (secondary N) is 1. The largest absolute Gasteiger partial charge is 0.481 e. The third kappa shape index (κ3) is 4.11. The van der Waals surface area contributed by atoms with E-state index in [1.807, 2.05) is 0 Å². The van der Waals surface area contributed by atoms with E-state index in [4.69, 9.17) is 5.11 Å². The number of hydrogen-bond acceptors (Lipinski definition) is 4. The molecule has 0 spiro atoms. The molecule has 1 unspecified atom stereocenters. The van der Waals surface area contributed by atoms with Crippen molar-refractivity contribution < 1.29 is 28.0 Å². The van der Waals surface area contributed by atoms with Gasteiger partial charge in [0.25, 0.3) is 5.69 Å². The molecular weight excluding hydrogens is 281 g/mol. The first-order valence-corrected chi connectivity index (χ1v) is 5.45. The SMILES string of the molecule is CC(CC(=O)O)Nc1ccc([N+](=O)[O-])cc1C(F)(F)F.